The highest BCUT2D eigenvalue weighted by molar-refractivity contribution is 5.56. The molecule has 0 spiro atoms. The second-order valence-electron chi connectivity index (χ2n) is 3.84. The third kappa shape index (κ3) is 1.39. The second-order valence-corrected chi connectivity index (χ2v) is 3.84. The highest BCUT2D eigenvalue weighted by Crippen LogP contribution is 2.19. The number of rotatable bonds is 1. The molecule has 0 saturated heterocycles. The van der Waals surface area contributed by atoms with Gasteiger partial charge in [-0.3, -0.25) is 0 Å². The fraction of sp³-hybridized carbons (Fsp3) is 0.0714. The molecule has 0 atom stereocenters. The van der Waals surface area contributed by atoms with Crippen molar-refractivity contribution < 1.29 is 8.82 Å². The lowest BCUT2D eigenvalue weighted by Crippen LogP contribution is -2.21. The molecule has 0 fully saturated rings. The quantitative estimate of drug-likeness (QED) is 0.564. The Labute approximate surface area is 93.8 Å². The van der Waals surface area contributed by atoms with Crippen molar-refractivity contribution in [1.82, 2.24) is 0 Å². The lowest BCUT2D eigenvalue weighted by Gasteiger charge is -1.89. The third-order valence-corrected chi connectivity index (χ3v) is 2.71. The van der Waals surface area contributed by atoms with Crippen molar-refractivity contribution in [1.29, 1.82) is 0 Å². The van der Waals surface area contributed by atoms with Crippen LogP contribution < -0.4 is 4.40 Å². The van der Waals surface area contributed by atoms with Gasteiger partial charge in [0.2, 0.25) is 12.0 Å². The average Bonchev–Trinajstić information content (AvgIpc) is 2.76. The summed E-state index contributed by atoms with van der Waals surface area (Å²) in [5.74, 6) is 0.898. The summed E-state index contributed by atoms with van der Waals surface area (Å²) in [7, 11) is 0. The normalized spacial score (nSPS) is 10.8. The summed E-state index contributed by atoms with van der Waals surface area (Å²) in [5.41, 5.74) is 3.15. The van der Waals surface area contributed by atoms with Crippen molar-refractivity contribution in [3.8, 4) is 11.3 Å². The minimum atomic E-state index is 0.874. The van der Waals surface area contributed by atoms with E-state index in [2.05, 4.69) is 17.4 Å². The first kappa shape index (κ1) is 9.16. The summed E-state index contributed by atoms with van der Waals surface area (Å²) >= 11 is 0. The SMILES string of the molecule is Cc1cccc2oc(-c3ccccc3)c[n+]12. The van der Waals surface area contributed by atoms with E-state index in [1.54, 1.807) is 0 Å². The molecule has 0 unspecified atom stereocenters. The zero-order chi connectivity index (χ0) is 11.0. The molecule has 2 aromatic heterocycles. The molecule has 2 nitrogen and oxygen atoms in total. The van der Waals surface area contributed by atoms with Gasteiger partial charge in [-0.15, -0.1) is 4.40 Å². The number of aromatic nitrogens is 1. The highest BCUT2D eigenvalue weighted by atomic mass is 16.3. The number of hydrogen-bond acceptors (Lipinski definition) is 1. The van der Waals surface area contributed by atoms with Crippen LogP contribution in [-0.2, 0) is 0 Å². The van der Waals surface area contributed by atoms with E-state index in [0.29, 0.717) is 0 Å². The molecule has 0 aliphatic heterocycles. The summed E-state index contributed by atoms with van der Waals surface area (Å²) in [6, 6.07) is 16.2. The molecule has 0 aliphatic rings. The van der Waals surface area contributed by atoms with Gasteiger partial charge in [0.15, 0.2) is 5.69 Å². The molecule has 2 heteroatoms. The van der Waals surface area contributed by atoms with Crippen molar-refractivity contribution >= 4 is 5.71 Å². The topological polar surface area (TPSA) is 17.2 Å². The van der Waals surface area contributed by atoms with Crippen LogP contribution in [0.2, 0.25) is 0 Å². The van der Waals surface area contributed by atoms with Crippen LogP contribution in [-0.4, -0.2) is 0 Å². The first-order valence-corrected chi connectivity index (χ1v) is 5.31. The fourth-order valence-electron chi connectivity index (χ4n) is 1.84. The Morgan fingerprint density at radius 2 is 1.75 bits per heavy atom. The predicted molar refractivity (Wildman–Crippen MR) is 62.0 cm³/mol. The number of aryl methyl sites for hydroxylation is 1. The summed E-state index contributed by atoms with van der Waals surface area (Å²) in [5, 5.41) is 0. The third-order valence-electron chi connectivity index (χ3n) is 2.71. The number of benzene rings is 1. The van der Waals surface area contributed by atoms with Crippen LogP contribution in [0, 0.1) is 6.92 Å². The molecule has 3 aromatic rings. The van der Waals surface area contributed by atoms with Crippen LogP contribution in [0.3, 0.4) is 0 Å². The van der Waals surface area contributed by atoms with Crippen LogP contribution in [0.15, 0.2) is 59.1 Å². The molecule has 3 rings (SSSR count). The maximum atomic E-state index is 5.80. The Bertz CT molecular complexity index is 626. The van der Waals surface area contributed by atoms with Crippen LogP contribution in [0.5, 0.6) is 0 Å². The first-order chi connectivity index (χ1) is 7.84. The van der Waals surface area contributed by atoms with Crippen LogP contribution in [0.25, 0.3) is 17.0 Å². The molecule has 0 saturated carbocycles. The van der Waals surface area contributed by atoms with E-state index in [1.165, 1.54) is 5.69 Å². The van der Waals surface area contributed by atoms with Crippen LogP contribution >= 0.6 is 0 Å². The van der Waals surface area contributed by atoms with E-state index in [4.69, 9.17) is 4.42 Å². The lowest BCUT2D eigenvalue weighted by atomic mass is 10.2. The average molecular weight is 210 g/mol. The molecule has 0 radical (unpaired) electrons. The van der Waals surface area contributed by atoms with Gasteiger partial charge in [-0.25, -0.2) is 0 Å². The second kappa shape index (κ2) is 3.49. The molecule has 0 bridgehead atoms. The summed E-state index contributed by atoms with van der Waals surface area (Å²) in [6.45, 7) is 2.07. The predicted octanol–water partition coefficient (Wildman–Crippen LogP) is 2.99. The number of pyridine rings is 1. The summed E-state index contributed by atoms with van der Waals surface area (Å²) < 4.78 is 7.86. The Morgan fingerprint density at radius 1 is 0.938 bits per heavy atom. The van der Waals surface area contributed by atoms with Gasteiger partial charge in [-0.1, -0.05) is 30.3 Å². The zero-order valence-electron chi connectivity index (χ0n) is 9.05. The Morgan fingerprint density at radius 3 is 2.50 bits per heavy atom. The van der Waals surface area contributed by atoms with E-state index in [9.17, 15) is 0 Å². The number of hydrogen-bond donors (Lipinski definition) is 0. The molecule has 2 heterocycles. The van der Waals surface area contributed by atoms with E-state index < -0.39 is 0 Å². The van der Waals surface area contributed by atoms with Gasteiger partial charge in [0.05, 0.1) is 6.07 Å². The smallest absolute Gasteiger partial charge is 0.379 e. The van der Waals surface area contributed by atoms with Crippen LogP contribution in [0.4, 0.5) is 0 Å². The lowest BCUT2D eigenvalue weighted by molar-refractivity contribution is -0.521. The van der Waals surface area contributed by atoms with E-state index >= 15 is 0 Å². The van der Waals surface area contributed by atoms with Crippen molar-refractivity contribution in [3.63, 3.8) is 0 Å². The van der Waals surface area contributed by atoms with Gasteiger partial charge in [0, 0.05) is 18.6 Å². The minimum Gasteiger partial charge on any atom is -0.398 e. The highest BCUT2D eigenvalue weighted by Gasteiger charge is 2.14. The number of fused-ring (bicyclic) bond motifs is 1. The van der Waals surface area contributed by atoms with Gasteiger partial charge in [-0.2, -0.15) is 0 Å². The van der Waals surface area contributed by atoms with Crippen molar-refractivity contribution in [2.45, 2.75) is 6.92 Å². The van der Waals surface area contributed by atoms with Gasteiger partial charge < -0.3 is 4.42 Å². The van der Waals surface area contributed by atoms with Crippen LogP contribution in [0.1, 0.15) is 5.69 Å². The first-order valence-electron chi connectivity index (χ1n) is 5.31. The standard InChI is InChI=1S/C14H12NO/c1-11-6-5-9-14-15(11)10-13(16-14)12-7-3-2-4-8-12/h2-10H,1H3/q+1. The fourth-order valence-corrected chi connectivity index (χ4v) is 1.84. The van der Waals surface area contributed by atoms with Crippen molar-refractivity contribution in [2.24, 2.45) is 0 Å². The van der Waals surface area contributed by atoms with Crippen molar-refractivity contribution in [2.75, 3.05) is 0 Å². The zero-order valence-corrected chi connectivity index (χ0v) is 9.05. The molecule has 78 valence electrons. The van der Waals surface area contributed by atoms with Crippen molar-refractivity contribution in [3.05, 3.63) is 60.4 Å². The Hall–Kier alpha value is -2.09. The maximum Gasteiger partial charge on any atom is 0.379 e. The Balaban J connectivity index is 2.23. The molecular formula is C14H12NO+. The number of nitrogens with zero attached hydrogens (tertiary/aromatic N) is 1. The number of oxazole rings is 1. The molecular weight excluding hydrogens is 198 g/mol. The van der Waals surface area contributed by atoms with Gasteiger partial charge in [0.1, 0.15) is 0 Å². The minimum absolute atomic E-state index is 0.874. The summed E-state index contributed by atoms with van der Waals surface area (Å²) in [6.07, 6.45) is 2.03. The maximum absolute atomic E-state index is 5.80. The molecule has 16 heavy (non-hydrogen) atoms. The van der Waals surface area contributed by atoms with Gasteiger partial charge in [-0.05, 0) is 6.07 Å². The monoisotopic (exact) mass is 210 g/mol. The van der Waals surface area contributed by atoms with E-state index in [1.807, 2.05) is 48.7 Å². The van der Waals surface area contributed by atoms with E-state index in [-0.39, 0.29) is 0 Å². The molecule has 0 aliphatic carbocycles. The summed E-state index contributed by atoms with van der Waals surface area (Å²) in [4.78, 5) is 0. The molecule has 0 amide bonds. The van der Waals surface area contributed by atoms with Gasteiger partial charge in [0.25, 0.3) is 0 Å². The van der Waals surface area contributed by atoms with Gasteiger partial charge >= 0.3 is 5.71 Å². The van der Waals surface area contributed by atoms with E-state index in [0.717, 1.165) is 17.0 Å². The Kier molecular flexibility index (Phi) is 2.00. The molecule has 0 N–H and O–H groups in total. The largest absolute Gasteiger partial charge is 0.398 e. The molecule has 1 aromatic carbocycles.